The molecule has 2 aliphatic heterocycles. The number of nitrogens with zero attached hydrogens (tertiary/aromatic N) is 3. The minimum Gasteiger partial charge on any atom is -0.455 e. The lowest BCUT2D eigenvalue weighted by molar-refractivity contribution is 0.0438. The van der Waals surface area contributed by atoms with E-state index in [1.807, 2.05) is 0 Å². The van der Waals surface area contributed by atoms with Crippen LogP contribution in [0.1, 0.15) is 67.4 Å². The smallest absolute Gasteiger partial charge is 0.263 e. The molecular weight excluding hydrogens is 390 g/mol. The SMILES string of the molecule is CC1(C)CNCc2cc(Nc3ncc4c(n3)OCN(CC3CCCCC3)C4=O)ccc21. The summed E-state index contributed by atoms with van der Waals surface area (Å²) in [4.78, 5) is 23.6. The molecular formula is C24H31N5O2. The van der Waals surface area contributed by atoms with Gasteiger partial charge in [0.05, 0.1) is 0 Å². The van der Waals surface area contributed by atoms with Crippen molar-refractivity contribution in [1.29, 1.82) is 0 Å². The fourth-order valence-electron chi connectivity index (χ4n) is 5.08. The van der Waals surface area contributed by atoms with E-state index in [2.05, 4.69) is 52.6 Å². The second kappa shape index (κ2) is 8.11. The molecule has 0 spiro atoms. The molecule has 0 bridgehead atoms. The van der Waals surface area contributed by atoms with Crippen LogP contribution in [0, 0.1) is 5.92 Å². The van der Waals surface area contributed by atoms with E-state index >= 15 is 0 Å². The average molecular weight is 422 g/mol. The van der Waals surface area contributed by atoms with Gasteiger partial charge in [0.25, 0.3) is 5.91 Å². The van der Waals surface area contributed by atoms with Crippen molar-refractivity contribution in [3.63, 3.8) is 0 Å². The molecule has 0 saturated heterocycles. The van der Waals surface area contributed by atoms with Gasteiger partial charge < -0.3 is 20.3 Å². The lowest BCUT2D eigenvalue weighted by Crippen LogP contribution is -2.42. The molecule has 7 nitrogen and oxygen atoms in total. The standard InChI is InChI=1S/C24H31N5O2/c1-24(2)14-25-11-17-10-18(8-9-20(17)24)27-23-26-12-19-21(28-23)31-15-29(22(19)30)13-16-6-4-3-5-7-16/h8-10,12,16,25H,3-7,11,13-15H2,1-2H3,(H,26,27,28). The van der Waals surface area contributed by atoms with E-state index in [1.54, 1.807) is 11.1 Å². The second-order valence-corrected chi connectivity index (χ2v) is 9.70. The van der Waals surface area contributed by atoms with E-state index in [1.165, 1.54) is 43.2 Å². The Balaban J connectivity index is 1.30. The van der Waals surface area contributed by atoms with E-state index in [4.69, 9.17) is 4.74 Å². The van der Waals surface area contributed by atoms with Crippen molar-refractivity contribution in [2.24, 2.45) is 5.92 Å². The molecule has 1 fully saturated rings. The largest absolute Gasteiger partial charge is 0.455 e. The van der Waals surface area contributed by atoms with Crippen molar-refractivity contribution in [3.05, 3.63) is 41.1 Å². The zero-order valence-corrected chi connectivity index (χ0v) is 18.4. The van der Waals surface area contributed by atoms with Gasteiger partial charge in [0.2, 0.25) is 11.8 Å². The van der Waals surface area contributed by atoms with Crippen LogP contribution in [0.3, 0.4) is 0 Å². The summed E-state index contributed by atoms with van der Waals surface area (Å²) in [7, 11) is 0. The Morgan fingerprint density at radius 1 is 1.26 bits per heavy atom. The average Bonchev–Trinajstić information content (AvgIpc) is 2.76. The van der Waals surface area contributed by atoms with Gasteiger partial charge in [-0.3, -0.25) is 4.79 Å². The van der Waals surface area contributed by atoms with Gasteiger partial charge in [0.15, 0.2) is 6.73 Å². The highest BCUT2D eigenvalue weighted by Gasteiger charge is 2.30. The lowest BCUT2D eigenvalue weighted by atomic mass is 9.79. The topological polar surface area (TPSA) is 79.4 Å². The zero-order valence-electron chi connectivity index (χ0n) is 18.4. The summed E-state index contributed by atoms with van der Waals surface area (Å²) in [6.45, 7) is 7.36. The van der Waals surface area contributed by atoms with Crippen LogP contribution in [0.4, 0.5) is 11.6 Å². The summed E-state index contributed by atoms with van der Waals surface area (Å²) in [6, 6.07) is 6.39. The molecule has 0 unspecified atom stereocenters. The third-order valence-electron chi connectivity index (χ3n) is 6.80. The number of carbonyl (C=O) groups excluding carboxylic acids is 1. The van der Waals surface area contributed by atoms with Crippen LogP contribution in [0.5, 0.6) is 5.88 Å². The van der Waals surface area contributed by atoms with Gasteiger partial charge in [-0.15, -0.1) is 0 Å². The van der Waals surface area contributed by atoms with E-state index < -0.39 is 0 Å². The van der Waals surface area contributed by atoms with E-state index in [0.29, 0.717) is 23.3 Å². The quantitative estimate of drug-likeness (QED) is 0.778. The van der Waals surface area contributed by atoms with E-state index in [0.717, 1.165) is 25.3 Å². The van der Waals surface area contributed by atoms with Crippen molar-refractivity contribution in [2.45, 2.75) is 57.9 Å². The highest BCUT2D eigenvalue weighted by atomic mass is 16.5. The third-order valence-corrected chi connectivity index (χ3v) is 6.80. The van der Waals surface area contributed by atoms with Crippen LogP contribution >= 0.6 is 0 Å². The van der Waals surface area contributed by atoms with Gasteiger partial charge in [0.1, 0.15) is 5.56 Å². The Hall–Kier alpha value is -2.67. The van der Waals surface area contributed by atoms with Crippen molar-refractivity contribution >= 4 is 17.5 Å². The third kappa shape index (κ3) is 4.11. The summed E-state index contributed by atoms with van der Waals surface area (Å²) in [6.07, 6.45) is 7.82. The Morgan fingerprint density at radius 2 is 2.10 bits per heavy atom. The first-order valence-corrected chi connectivity index (χ1v) is 11.4. The number of anilines is 2. The number of ether oxygens (including phenoxy) is 1. The number of hydrogen-bond acceptors (Lipinski definition) is 6. The molecule has 164 valence electrons. The minimum absolute atomic E-state index is 0.0274. The predicted octanol–water partition coefficient (Wildman–Crippen LogP) is 3.97. The molecule has 7 heteroatoms. The number of hydrogen-bond donors (Lipinski definition) is 2. The number of benzene rings is 1. The molecule has 2 aromatic rings. The van der Waals surface area contributed by atoms with Crippen molar-refractivity contribution in [2.75, 3.05) is 25.1 Å². The summed E-state index contributed by atoms with van der Waals surface area (Å²) >= 11 is 0. The molecule has 0 radical (unpaired) electrons. The zero-order chi connectivity index (χ0) is 21.4. The maximum Gasteiger partial charge on any atom is 0.263 e. The van der Waals surface area contributed by atoms with Crippen LogP contribution in [-0.4, -0.2) is 40.6 Å². The lowest BCUT2D eigenvalue weighted by Gasteiger charge is -2.33. The van der Waals surface area contributed by atoms with Crippen LogP contribution in [0.2, 0.25) is 0 Å². The Morgan fingerprint density at radius 3 is 2.94 bits per heavy atom. The molecule has 3 aliphatic rings. The summed E-state index contributed by atoms with van der Waals surface area (Å²) in [5.41, 5.74) is 4.15. The number of amides is 1. The Kier molecular flexibility index (Phi) is 5.30. The van der Waals surface area contributed by atoms with Crippen LogP contribution in [0.25, 0.3) is 0 Å². The summed E-state index contributed by atoms with van der Waals surface area (Å²) in [5, 5.41) is 6.75. The fraction of sp³-hybridized carbons (Fsp3) is 0.542. The molecule has 2 N–H and O–H groups in total. The number of carbonyl (C=O) groups is 1. The normalized spacial score (nSPS) is 20.6. The van der Waals surface area contributed by atoms with Crippen molar-refractivity contribution in [3.8, 4) is 5.88 Å². The number of aromatic nitrogens is 2. The molecule has 5 rings (SSSR count). The van der Waals surface area contributed by atoms with Gasteiger partial charge in [-0.05, 0) is 42.0 Å². The highest BCUT2D eigenvalue weighted by molar-refractivity contribution is 5.97. The maximum absolute atomic E-state index is 12.9. The van der Waals surface area contributed by atoms with Gasteiger partial charge in [-0.2, -0.15) is 4.98 Å². The predicted molar refractivity (Wildman–Crippen MR) is 120 cm³/mol. The minimum atomic E-state index is -0.0274. The molecule has 3 heterocycles. The summed E-state index contributed by atoms with van der Waals surface area (Å²) < 4.78 is 5.85. The second-order valence-electron chi connectivity index (χ2n) is 9.70. The maximum atomic E-state index is 12.9. The van der Waals surface area contributed by atoms with Gasteiger partial charge in [-0.1, -0.05) is 39.2 Å². The van der Waals surface area contributed by atoms with E-state index in [-0.39, 0.29) is 18.1 Å². The number of fused-ring (bicyclic) bond motifs is 2. The molecule has 1 aromatic heterocycles. The first kappa shape index (κ1) is 20.2. The first-order valence-electron chi connectivity index (χ1n) is 11.4. The molecule has 1 amide bonds. The molecule has 0 atom stereocenters. The van der Waals surface area contributed by atoms with Crippen molar-refractivity contribution < 1.29 is 9.53 Å². The van der Waals surface area contributed by atoms with E-state index in [9.17, 15) is 4.79 Å². The van der Waals surface area contributed by atoms with Crippen LogP contribution in [0.15, 0.2) is 24.4 Å². The van der Waals surface area contributed by atoms with Crippen molar-refractivity contribution in [1.82, 2.24) is 20.2 Å². The first-order chi connectivity index (χ1) is 15.0. The highest BCUT2D eigenvalue weighted by Crippen LogP contribution is 2.32. The Bertz CT molecular complexity index is 984. The Labute approximate surface area is 183 Å². The number of nitrogens with one attached hydrogen (secondary N) is 2. The number of rotatable bonds is 4. The van der Waals surface area contributed by atoms with Crippen LogP contribution in [-0.2, 0) is 12.0 Å². The fourth-order valence-corrected chi connectivity index (χ4v) is 5.08. The van der Waals surface area contributed by atoms with Gasteiger partial charge >= 0.3 is 0 Å². The molecule has 31 heavy (non-hydrogen) atoms. The van der Waals surface area contributed by atoms with Gasteiger partial charge in [-0.25, -0.2) is 4.98 Å². The van der Waals surface area contributed by atoms with Gasteiger partial charge in [0, 0.05) is 36.9 Å². The monoisotopic (exact) mass is 421 g/mol. The molecule has 1 aromatic carbocycles. The molecule has 1 saturated carbocycles. The molecule has 1 aliphatic carbocycles. The summed E-state index contributed by atoms with van der Waals surface area (Å²) in [5.74, 6) is 1.35. The van der Waals surface area contributed by atoms with Crippen LogP contribution < -0.4 is 15.4 Å².